The highest BCUT2D eigenvalue weighted by Gasteiger charge is 2.35. The number of para-hydroxylation sites is 2. The molecule has 39 heavy (non-hydrogen) atoms. The third kappa shape index (κ3) is 2.42. The minimum absolute atomic E-state index is 0.468. The van der Waals surface area contributed by atoms with E-state index in [-0.39, 0.29) is 0 Å². The Bertz CT molecular complexity index is 2320. The van der Waals surface area contributed by atoms with Gasteiger partial charge in [0.05, 0.1) is 16.6 Å². The first-order valence-electron chi connectivity index (χ1n) is 13.9. The molecule has 6 aromatic carbocycles. The predicted molar refractivity (Wildman–Crippen MR) is 163 cm³/mol. The van der Waals surface area contributed by atoms with Crippen LogP contribution in [0.3, 0.4) is 0 Å². The van der Waals surface area contributed by atoms with Crippen molar-refractivity contribution >= 4 is 38.1 Å². The Labute approximate surface area is 225 Å². The van der Waals surface area contributed by atoms with Gasteiger partial charge < -0.3 is 4.40 Å². The van der Waals surface area contributed by atoms with Crippen LogP contribution in [-0.2, 0) is 6.42 Å². The van der Waals surface area contributed by atoms with Crippen LogP contribution in [0.15, 0.2) is 121 Å². The van der Waals surface area contributed by atoms with E-state index in [2.05, 4.69) is 126 Å². The Morgan fingerprint density at radius 2 is 1.15 bits per heavy atom. The Balaban J connectivity index is 1.18. The molecule has 1 unspecified atom stereocenters. The maximum Gasteiger partial charge on any atom is 0.0620 e. The van der Waals surface area contributed by atoms with Crippen molar-refractivity contribution in [3.63, 3.8) is 0 Å². The number of hydrogen-bond acceptors (Lipinski definition) is 0. The Kier molecular flexibility index (Phi) is 3.59. The van der Waals surface area contributed by atoms with Crippen molar-refractivity contribution in [1.82, 2.24) is 4.40 Å². The average molecular weight is 494 g/mol. The second kappa shape index (κ2) is 6.95. The van der Waals surface area contributed by atoms with Gasteiger partial charge in [0, 0.05) is 27.5 Å². The van der Waals surface area contributed by atoms with Crippen LogP contribution < -0.4 is 0 Å². The van der Waals surface area contributed by atoms with E-state index in [1.165, 1.54) is 88.2 Å². The molecule has 0 amide bonds. The zero-order valence-electron chi connectivity index (χ0n) is 21.3. The van der Waals surface area contributed by atoms with Crippen LogP contribution in [0.2, 0.25) is 0 Å². The summed E-state index contributed by atoms with van der Waals surface area (Å²) in [5, 5.41) is 5.32. The molecule has 0 N–H and O–H groups in total. The summed E-state index contributed by atoms with van der Waals surface area (Å²) >= 11 is 0. The van der Waals surface area contributed by atoms with E-state index in [0.717, 1.165) is 6.42 Å². The summed E-state index contributed by atoms with van der Waals surface area (Å²) in [5.41, 5.74) is 16.6. The second-order valence-corrected chi connectivity index (χ2v) is 11.3. The highest BCUT2D eigenvalue weighted by Crippen LogP contribution is 2.54. The molecule has 1 nitrogen and oxygen atoms in total. The molecular weight excluding hydrogens is 470 g/mol. The van der Waals surface area contributed by atoms with Gasteiger partial charge in [0.1, 0.15) is 0 Å². The molecule has 10 rings (SSSR count). The molecule has 1 atom stereocenters. The zero-order chi connectivity index (χ0) is 25.2. The molecule has 1 heteroatoms. The van der Waals surface area contributed by atoms with Gasteiger partial charge in [0.25, 0.3) is 0 Å². The lowest BCUT2D eigenvalue weighted by atomic mass is 9.77. The molecule has 180 valence electrons. The molecule has 2 heterocycles. The van der Waals surface area contributed by atoms with Crippen molar-refractivity contribution in [3.05, 3.63) is 138 Å². The third-order valence-electron chi connectivity index (χ3n) is 9.46. The van der Waals surface area contributed by atoms with E-state index >= 15 is 0 Å². The van der Waals surface area contributed by atoms with Gasteiger partial charge in [0.15, 0.2) is 0 Å². The van der Waals surface area contributed by atoms with Crippen LogP contribution >= 0.6 is 0 Å². The average Bonchev–Trinajstić information content (AvgIpc) is 3.63. The van der Waals surface area contributed by atoms with Gasteiger partial charge in [-0.3, -0.25) is 0 Å². The maximum atomic E-state index is 2.46. The summed E-state index contributed by atoms with van der Waals surface area (Å²) in [6, 6.07) is 45.6. The maximum absolute atomic E-state index is 2.46. The number of hydrogen-bond donors (Lipinski definition) is 0. The number of rotatable bonds is 1. The van der Waals surface area contributed by atoms with Crippen LogP contribution in [0, 0.1) is 0 Å². The third-order valence-corrected chi connectivity index (χ3v) is 9.46. The Morgan fingerprint density at radius 1 is 0.487 bits per heavy atom. The molecule has 0 aliphatic heterocycles. The van der Waals surface area contributed by atoms with Gasteiger partial charge in [-0.05, 0) is 80.8 Å². The van der Waals surface area contributed by atoms with Gasteiger partial charge in [-0.25, -0.2) is 0 Å². The first-order chi connectivity index (χ1) is 19.3. The smallest absolute Gasteiger partial charge is 0.0620 e. The summed E-state index contributed by atoms with van der Waals surface area (Å²) in [7, 11) is 0. The molecule has 8 aromatic rings. The summed E-state index contributed by atoms with van der Waals surface area (Å²) in [4.78, 5) is 0. The quantitative estimate of drug-likeness (QED) is 0.214. The molecule has 2 aromatic heterocycles. The molecular formula is C38H23N. The fourth-order valence-corrected chi connectivity index (χ4v) is 7.84. The summed E-state index contributed by atoms with van der Waals surface area (Å²) in [6.07, 6.45) is 1.07. The lowest BCUT2D eigenvalue weighted by Crippen LogP contribution is -2.09. The molecule has 0 spiro atoms. The van der Waals surface area contributed by atoms with Gasteiger partial charge in [0.2, 0.25) is 0 Å². The zero-order valence-corrected chi connectivity index (χ0v) is 21.3. The summed E-state index contributed by atoms with van der Waals surface area (Å²) < 4.78 is 2.46. The van der Waals surface area contributed by atoms with E-state index in [0.29, 0.717) is 5.92 Å². The summed E-state index contributed by atoms with van der Waals surface area (Å²) in [6.45, 7) is 0. The Hall–Kier alpha value is -4.88. The van der Waals surface area contributed by atoms with Gasteiger partial charge in [-0.15, -0.1) is 0 Å². The van der Waals surface area contributed by atoms with Crippen molar-refractivity contribution in [2.75, 3.05) is 0 Å². The second-order valence-electron chi connectivity index (χ2n) is 11.3. The molecule has 0 saturated heterocycles. The predicted octanol–water partition coefficient (Wildman–Crippen LogP) is 9.84. The highest BCUT2D eigenvalue weighted by molar-refractivity contribution is 6.23. The highest BCUT2D eigenvalue weighted by atomic mass is 14.9. The fraction of sp³-hybridized carbons (Fsp3) is 0.0526. The lowest BCUT2D eigenvalue weighted by molar-refractivity contribution is 0.815. The van der Waals surface area contributed by atoms with Crippen LogP contribution in [-0.4, -0.2) is 4.40 Å². The monoisotopic (exact) mass is 493 g/mol. The number of fused-ring (bicyclic) bond motifs is 11. The van der Waals surface area contributed by atoms with Gasteiger partial charge >= 0.3 is 0 Å². The first kappa shape index (κ1) is 20.1. The van der Waals surface area contributed by atoms with Crippen LogP contribution in [0.25, 0.3) is 71.5 Å². The standard InChI is InChI=1S/C38H23N/c1-2-8-26-25(7-1)28-10-5-11-29-32-19-22(15-16-24(32)21-34(26)37(28)29)23-17-18-36-33(20-23)31-13-6-12-30-27-9-3-4-14-35(27)39(36)38(30)31/h1-20,34H,21H2. The van der Waals surface area contributed by atoms with Crippen LogP contribution in [0.4, 0.5) is 0 Å². The van der Waals surface area contributed by atoms with Gasteiger partial charge in [-0.2, -0.15) is 0 Å². The van der Waals surface area contributed by atoms with Crippen molar-refractivity contribution in [2.24, 2.45) is 0 Å². The normalized spacial score (nSPS) is 15.3. The molecule has 0 fully saturated rings. The summed E-state index contributed by atoms with van der Waals surface area (Å²) in [5.74, 6) is 0.468. The fourth-order valence-electron chi connectivity index (χ4n) is 7.84. The number of nitrogens with zero attached hydrogens (tertiary/aromatic N) is 1. The largest absolute Gasteiger partial charge is 0.308 e. The number of aromatic nitrogens is 1. The van der Waals surface area contributed by atoms with Crippen molar-refractivity contribution in [1.29, 1.82) is 0 Å². The molecule has 0 saturated carbocycles. The lowest BCUT2D eigenvalue weighted by Gasteiger charge is -2.26. The molecule has 2 aliphatic carbocycles. The van der Waals surface area contributed by atoms with Crippen molar-refractivity contribution < 1.29 is 0 Å². The van der Waals surface area contributed by atoms with E-state index in [4.69, 9.17) is 0 Å². The van der Waals surface area contributed by atoms with E-state index < -0.39 is 0 Å². The van der Waals surface area contributed by atoms with Crippen molar-refractivity contribution in [2.45, 2.75) is 12.3 Å². The Morgan fingerprint density at radius 3 is 2.10 bits per heavy atom. The topological polar surface area (TPSA) is 4.41 Å². The SMILES string of the molecule is c1ccc2c(c1)-c1cccc3c1C2Cc1ccc(-c2ccc4c(c2)c2cccc5c6ccccc6n4c52)cc1-3. The minimum Gasteiger partial charge on any atom is -0.308 e. The van der Waals surface area contributed by atoms with Crippen LogP contribution in [0.1, 0.15) is 22.6 Å². The van der Waals surface area contributed by atoms with Crippen LogP contribution in [0.5, 0.6) is 0 Å². The molecule has 0 radical (unpaired) electrons. The van der Waals surface area contributed by atoms with Crippen molar-refractivity contribution in [3.8, 4) is 33.4 Å². The van der Waals surface area contributed by atoms with E-state index in [9.17, 15) is 0 Å². The minimum atomic E-state index is 0.468. The molecule has 0 bridgehead atoms. The van der Waals surface area contributed by atoms with E-state index in [1.54, 1.807) is 0 Å². The van der Waals surface area contributed by atoms with Gasteiger partial charge in [-0.1, -0.05) is 97.1 Å². The first-order valence-corrected chi connectivity index (χ1v) is 13.9. The number of benzene rings is 6. The molecule has 2 aliphatic rings. The van der Waals surface area contributed by atoms with E-state index in [1.807, 2.05) is 0 Å².